The molecule has 0 fully saturated rings. The Balaban J connectivity index is 2.48. The molecule has 1 aromatic rings. The molecule has 0 saturated carbocycles. The summed E-state index contributed by atoms with van der Waals surface area (Å²) >= 11 is 0. The predicted molar refractivity (Wildman–Crippen MR) is 82.3 cm³/mol. The molecule has 22 heavy (non-hydrogen) atoms. The van der Waals surface area contributed by atoms with Crippen molar-refractivity contribution >= 4 is 11.8 Å². The quantitative estimate of drug-likeness (QED) is 0.522. The summed E-state index contributed by atoms with van der Waals surface area (Å²) in [5.41, 5.74) is 5.60. The standard InChI is InChI=1S/C15H24N2O5/c1-15(2,3)22-14(21)17-7-6-12(19)13(20)10-5-4-9(18)8-11(10)16/h4-5,8,12-13,18-20H,6-7,16H2,1-3H3,(H,17,21). The fourth-order valence-corrected chi connectivity index (χ4v) is 1.83. The first kappa shape index (κ1) is 18.1. The van der Waals surface area contributed by atoms with Crippen LogP contribution in [0.5, 0.6) is 5.75 Å². The fraction of sp³-hybridized carbons (Fsp3) is 0.533. The van der Waals surface area contributed by atoms with E-state index in [-0.39, 0.29) is 24.4 Å². The Morgan fingerprint density at radius 1 is 1.36 bits per heavy atom. The van der Waals surface area contributed by atoms with Crippen molar-refractivity contribution in [1.82, 2.24) is 5.32 Å². The molecule has 0 aromatic heterocycles. The van der Waals surface area contributed by atoms with Crippen LogP contribution >= 0.6 is 0 Å². The molecule has 0 heterocycles. The average molecular weight is 312 g/mol. The zero-order chi connectivity index (χ0) is 16.9. The third-order valence-electron chi connectivity index (χ3n) is 2.86. The van der Waals surface area contributed by atoms with E-state index in [9.17, 15) is 20.1 Å². The van der Waals surface area contributed by atoms with Gasteiger partial charge in [-0.2, -0.15) is 0 Å². The largest absolute Gasteiger partial charge is 0.508 e. The SMILES string of the molecule is CC(C)(C)OC(=O)NCCC(O)C(O)c1ccc(O)cc1N. The molecule has 1 amide bonds. The number of carbonyl (C=O) groups excluding carboxylic acids is 1. The van der Waals surface area contributed by atoms with Crippen LogP contribution < -0.4 is 11.1 Å². The van der Waals surface area contributed by atoms with Crippen LogP contribution in [0.25, 0.3) is 0 Å². The second-order valence-electron chi connectivity index (χ2n) is 6.04. The minimum absolute atomic E-state index is 0.0190. The number of ether oxygens (including phenoxy) is 1. The summed E-state index contributed by atoms with van der Waals surface area (Å²) in [7, 11) is 0. The molecular weight excluding hydrogens is 288 g/mol. The minimum atomic E-state index is -1.21. The third kappa shape index (κ3) is 5.79. The number of nitrogens with two attached hydrogens (primary N) is 1. The summed E-state index contributed by atoms with van der Waals surface area (Å²) in [6, 6.07) is 4.12. The molecule has 124 valence electrons. The molecule has 0 aliphatic rings. The van der Waals surface area contributed by atoms with Gasteiger partial charge in [-0.15, -0.1) is 0 Å². The number of hydrogen-bond acceptors (Lipinski definition) is 6. The number of rotatable bonds is 5. The number of nitrogen functional groups attached to an aromatic ring is 1. The Labute approximate surface area is 129 Å². The average Bonchev–Trinajstić information content (AvgIpc) is 2.35. The number of phenolic OH excluding ortho intramolecular Hbond substituents is 1. The van der Waals surface area contributed by atoms with Crippen LogP contribution in [-0.4, -0.2) is 39.7 Å². The maximum absolute atomic E-state index is 11.4. The summed E-state index contributed by atoms with van der Waals surface area (Å²) in [4.78, 5) is 11.4. The first-order chi connectivity index (χ1) is 10.1. The van der Waals surface area contributed by atoms with Crippen molar-refractivity contribution in [2.24, 2.45) is 0 Å². The van der Waals surface area contributed by atoms with Gasteiger partial charge < -0.3 is 31.1 Å². The lowest BCUT2D eigenvalue weighted by Crippen LogP contribution is -2.34. The molecule has 6 N–H and O–H groups in total. The Bertz CT molecular complexity index is 513. The van der Waals surface area contributed by atoms with Gasteiger partial charge in [0.15, 0.2) is 0 Å². The van der Waals surface area contributed by atoms with Crippen molar-refractivity contribution in [3.05, 3.63) is 23.8 Å². The van der Waals surface area contributed by atoms with Crippen molar-refractivity contribution in [1.29, 1.82) is 0 Å². The second kappa shape index (κ2) is 7.33. The van der Waals surface area contributed by atoms with Crippen molar-refractivity contribution in [3.63, 3.8) is 0 Å². The lowest BCUT2D eigenvalue weighted by atomic mass is 10.0. The highest BCUT2D eigenvalue weighted by Gasteiger charge is 2.21. The number of hydrogen-bond donors (Lipinski definition) is 5. The molecule has 0 bridgehead atoms. The predicted octanol–water partition coefficient (Wildman–Crippen LogP) is 1.28. The lowest BCUT2D eigenvalue weighted by Gasteiger charge is -2.22. The van der Waals surface area contributed by atoms with Crippen molar-refractivity contribution < 1.29 is 24.9 Å². The van der Waals surface area contributed by atoms with E-state index >= 15 is 0 Å². The molecule has 7 nitrogen and oxygen atoms in total. The number of carbonyl (C=O) groups is 1. The van der Waals surface area contributed by atoms with Gasteiger partial charge in [-0.25, -0.2) is 4.79 Å². The monoisotopic (exact) mass is 312 g/mol. The third-order valence-corrected chi connectivity index (χ3v) is 2.86. The van der Waals surface area contributed by atoms with Crippen LogP contribution in [-0.2, 0) is 4.74 Å². The summed E-state index contributed by atoms with van der Waals surface area (Å²) in [5, 5.41) is 31.8. The van der Waals surface area contributed by atoms with Crippen LogP contribution in [0.15, 0.2) is 18.2 Å². The van der Waals surface area contributed by atoms with Gasteiger partial charge in [-0.1, -0.05) is 6.07 Å². The summed E-state index contributed by atoms with van der Waals surface area (Å²) in [6.45, 7) is 5.39. The van der Waals surface area contributed by atoms with Crippen LogP contribution in [0.3, 0.4) is 0 Å². The fourth-order valence-electron chi connectivity index (χ4n) is 1.83. The Morgan fingerprint density at radius 3 is 2.55 bits per heavy atom. The molecule has 0 aliphatic carbocycles. The van der Waals surface area contributed by atoms with Gasteiger partial charge in [0.25, 0.3) is 0 Å². The minimum Gasteiger partial charge on any atom is -0.508 e. The molecule has 0 saturated heterocycles. The number of aromatic hydroxyl groups is 1. The molecule has 2 unspecified atom stereocenters. The van der Waals surface area contributed by atoms with Gasteiger partial charge in [0, 0.05) is 23.9 Å². The van der Waals surface area contributed by atoms with Crippen molar-refractivity contribution in [2.75, 3.05) is 12.3 Å². The van der Waals surface area contributed by atoms with Crippen LogP contribution in [0.1, 0.15) is 38.9 Å². The molecule has 7 heteroatoms. The van der Waals surface area contributed by atoms with Gasteiger partial charge in [0.1, 0.15) is 17.5 Å². The van der Waals surface area contributed by atoms with Crippen LogP contribution in [0.2, 0.25) is 0 Å². The normalized spacial score (nSPS) is 14.2. The first-order valence-electron chi connectivity index (χ1n) is 7.01. The summed E-state index contributed by atoms with van der Waals surface area (Å²) in [6.07, 6.45) is -2.78. The molecule has 1 aromatic carbocycles. The number of phenols is 1. The lowest BCUT2D eigenvalue weighted by molar-refractivity contribution is 0.0127. The van der Waals surface area contributed by atoms with Gasteiger partial charge in [0.05, 0.1) is 6.10 Å². The maximum Gasteiger partial charge on any atom is 0.407 e. The maximum atomic E-state index is 11.4. The smallest absolute Gasteiger partial charge is 0.407 e. The Hall–Kier alpha value is -1.99. The molecular formula is C15H24N2O5. The van der Waals surface area contributed by atoms with Crippen LogP contribution in [0, 0.1) is 0 Å². The Morgan fingerprint density at radius 2 is 2.00 bits per heavy atom. The second-order valence-corrected chi connectivity index (χ2v) is 6.04. The van der Waals surface area contributed by atoms with E-state index in [2.05, 4.69) is 5.32 Å². The number of benzene rings is 1. The Kier molecular flexibility index (Phi) is 6.01. The van der Waals surface area contributed by atoms with Crippen molar-refractivity contribution in [3.8, 4) is 5.75 Å². The van der Waals surface area contributed by atoms with E-state index < -0.39 is 23.9 Å². The summed E-state index contributed by atoms with van der Waals surface area (Å²) < 4.78 is 5.05. The van der Waals surface area contributed by atoms with E-state index in [1.165, 1.54) is 18.2 Å². The van der Waals surface area contributed by atoms with Crippen molar-refractivity contribution in [2.45, 2.75) is 45.0 Å². The van der Waals surface area contributed by atoms with E-state index in [4.69, 9.17) is 10.5 Å². The van der Waals surface area contributed by atoms with E-state index in [0.717, 1.165) is 0 Å². The molecule has 0 spiro atoms. The van der Waals surface area contributed by atoms with E-state index in [1.54, 1.807) is 20.8 Å². The van der Waals surface area contributed by atoms with Gasteiger partial charge in [-0.05, 0) is 33.3 Å². The summed E-state index contributed by atoms with van der Waals surface area (Å²) in [5.74, 6) is -0.0190. The van der Waals surface area contributed by atoms with Gasteiger partial charge in [-0.3, -0.25) is 0 Å². The number of aliphatic hydroxyl groups excluding tert-OH is 2. The molecule has 2 atom stereocenters. The van der Waals surface area contributed by atoms with Crippen LogP contribution in [0.4, 0.5) is 10.5 Å². The van der Waals surface area contributed by atoms with E-state index in [1.807, 2.05) is 0 Å². The zero-order valence-electron chi connectivity index (χ0n) is 13.0. The molecule has 0 radical (unpaired) electrons. The molecule has 0 aliphatic heterocycles. The highest BCUT2D eigenvalue weighted by Crippen LogP contribution is 2.27. The number of nitrogens with one attached hydrogen (secondary N) is 1. The number of alkyl carbamates (subject to hydrolysis) is 1. The zero-order valence-corrected chi connectivity index (χ0v) is 13.0. The number of aliphatic hydroxyl groups is 2. The highest BCUT2D eigenvalue weighted by atomic mass is 16.6. The van der Waals surface area contributed by atoms with E-state index in [0.29, 0.717) is 5.56 Å². The topological polar surface area (TPSA) is 125 Å². The van der Waals surface area contributed by atoms with Gasteiger partial charge in [0.2, 0.25) is 0 Å². The molecule has 1 rings (SSSR count). The first-order valence-corrected chi connectivity index (χ1v) is 7.01. The number of anilines is 1. The highest BCUT2D eigenvalue weighted by molar-refractivity contribution is 5.67. The number of amides is 1. The van der Waals surface area contributed by atoms with Gasteiger partial charge >= 0.3 is 6.09 Å².